The van der Waals surface area contributed by atoms with E-state index in [9.17, 15) is 0 Å². The summed E-state index contributed by atoms with van der Waals surface area (Å²) < 4.78 is 1.77. The Labute approximate surface area is 168 Å². The summed E-state index contributed by atoms with van der Waals surface area (Å²) in [5.74, 6) is 0.981. The van der Waals surface area contributed by atoms with E-state index in [0.717, 1.165) is 71.7 Å². The average Bonchev–Trinajstić information content (AvgIpc) is 3.30. The molecule has 29 heavy (non-hydrogen) atoms. The molecule has 3 N–H and O–H groups in total. The molecule has 4 aromatic heterocycles. The molecular formula is C21H24N8. The third-order valence-electron chi connectivity index (χ3n) is 5.52. The number of hydrogen-bond acceptors (Lipinski definition) is 6. The van der Waals surface area contributed by atoms with E-state index in [4.69, 9.17) is 10.7 Å². The number of pyridine rings is 2. The van der Waals surface area contributed by atoms with Crippen molar-refractivity contribution < 1.29 is 0 Å². The first-order valence-corrected chi connectivity index (χ1v) is 9.98. The summed E-state index contributed by atoms with van der Waals surface area (Å²) in [6, 6.07) is 8.46. The number of nitrogens with two attached hydrogens (primary N) is 1. The Bertz CT molecular complexity index is 1140. The summed E-state index contributed by atoms with van der Waals surface area (Å²) in [4.78, 5) is 11.8. The van der Waals surface area contributed by atoms with Crippen molar-refractivity contribution in [2.24, 2.45) is 12.8 Å². The zero-order valence-electron chi connectivity index (χ0n) is 16.4. The first-order chi connectivity index (χ1) is 14.2. The summed E-state index contributed by atoms with van der Waals surface area (Å²) in [6.07, 6.45) is 8.75. The number of hydrogen-bond donors (Lipinski definition) is 2. The number of aromatic amines is 1. The fraction of sp³-hybridized carbons (Fsp3) is 0.333. The van der Waals surface area contributed by atoms with Gasteiger partial charge in [0, 0.05) is 43.3 Å². The molecule has 0 aromatic carbocycles. The van der Waals surface area contributed by atoms with Gasteiger partial charge in [-0.15, -0.1) is 0 Å². The Morgan fingerprint density at radius 2 is 2.07 bits per heavy atom. The fourth-order valence-corrected chi connectivity index (χ4v) is 3.91. The highest BCUT2D eigenvalue weighted by molar-refractivity contribution is 5.93. The van der Waals surface area contributed by atoms with Crippen LogP contribution in [0.5, 0.6) is 0 Å². The Morgan fingerprint density at radius 1 is 1.14 bits per heavy atom. The third-order valence-corrected chi connectivity index (χ3v) is 5.52. The lowest BCUT2D eigenvalue weighted by atomic mass is 10.1. The Hall–Kier alpha value is -3.26. The van der Waals surface area contributed by atoms with Crippen LogP contribution in [0, 0.1) is 0 Å². The molecule has 5 heterocycles. The van der Waals surface area contributed by atoms with Crippen molar-refractivity contribution in [3.8, 4) is 22.6 Å². The Balaban J connectivity index is 1.52. The standard InChI is InChI=1S/C21H24N8/c1-28-13-14(11-24-28)18-10-16-19(12-23-18)26-27-21(16)17-5-2-6-20(25-17)29-8-3-4-15(22)7-9-29/h2,5-6,10-13,15H,3-4,7-9,22H2,1H3,(H,26,27)/t15-/m0/s1. The van der Waals surface area contributed by atoms with Gasteiger partial charge in [-0.2, -0.15) is 10.2 Å². The summed E-state index contributed by atoms with van der Waals surface area (Å²) in [5.41, 5.74) is 10.6. The zero-order chi connectivity index (χ0) is 19.8. The molecule has 0 unspecified atom stereocenters. The second kappa shape index (κ2) is 7.29. The maximum absolute atomic E-state index is 6.13. The molecule has 0 spiro atoms. The highest BCUT2D eigenvalue weighted by Crippen LogP contribution is 2.29. The molecule has 8 heteroatoms. The Kier molecular flexibility index (Phi) is 4.48. The zero-order valence-corrected chi connectivity index (χ0v) is 16.4. The molecule has 0 bridgehead atoms. The van der Waals surface area contributed by atoms with Gasteiger partial charge in [-0.3, -0.25) is 14.8 Å². The van der Waals surface area contributed by atoms with Gasteiger partial charge < -0.3 is 10.6 Å². The van der Waals surface area contributed by atoms with E-state index in [1.165, 1.54) is 0 Å². The van der Waals surface area contributed by atoms with Crippen LogP contribution >= 0.6 is 0 Å². The average molecular weight is 388 g/mol. The van der Waals surface area contributed by atoms with Crippen LogP contribution in [0.1, 0.15) is 19.3 Å². The molecule has 1 aliphatic rings. The van der Waals surface area contributed by atoms with E-state index in [0.29, 0.717) is 0 Å². The van der Waals surface area contributed by atoms with Gasteiger partial charge in [-0.05, 0) is 37.5 Å². The van der Waals surface area contributed by atoms with Gasteiger partial charge in [0.2, 0.25) is 0 Å². The number of H-pyrrole nitrogens is 1. The summed E-state index contributed by atoms with van der Waals surface area (Å²) in [7, 11) is 1.90. The fourth-order valence-electron chi connectivity index (χ4n) is 3.91. The third kappa shape index (κ3) is 3.47. The number of aromatic nitrogens is 6. The molecule has 0 saturated carbocycles. The quantitative estimate of drug-likeness (QED) is 0.560. The lowest BCUT2D eigenvalue weighted by Gasteiger charge is -2.21. The van der Waals surface area contributed by atoms with Crippen LogP contribution in [0.2, 0.25) is 0 Å². The number of fused-ring (bicyclic) bond motifs is 1. The molecular weight excluding hydrogens is 364 g/mol. The molecule has 148 valence electrons. The summed E-state index contributed by atoms with van der Waals surface area (Å²) in [5, 5.41) is 12.9. The first kappa shape index (κ1) is 17.8. The second-order valence-electron chi connectivity index (χ2n) is 7.65. The molecule has 5 rings (SSSR count). The maximum Gasteiger partial charge on any atom is 0.129 e. The van der Waals surface area contributed by atoms with Gasteiger partial charge in [0.25, 0.3) is 0 Å². The van der Waals surface area contributed by atoms with Crippen molar-refractivity contribution in [2.75, 3.05) is 18.0 Å². The first-order valence-electron chi connectivity index (χ1n) is 9.98. The van der Waals surface area contributed by atoms with Gasteiger partial charge >= 0.3 is 0 Å². The van der Waals surface area contributed by atoms with Crippen molar-refractivity contribution >= 4 is 16.7 Å². The van der Waals surface area contributed by atoms with Crippen molar-refractivity contribution in [2.45, 2.75) is 25.3 Å². The molecule has 4 aromatic rings. The van der Waals surface area contributed by atoms with Crippen LogP contribution in [0.4, 0.5) is 5.82 Å². The minimum absolute atomic E-state index is 0.289. The molecule has 8 nitrogen and oxygen atoms in total. The highest BCUT2D eigenvalue weighted by Gasteiger charge is 2.17. The molecule has 1 atom stereocenters. The van der Waals surface area contributed by atoms with Gasteiger partial charge in [-0.1, -0.05) is 6.07 Å². The van der Waals surface area contributed by atoms with E-state index in [1.807, 2.05) is 43.8 Å². The lowest BCUT2D eigenvalue weighted by molar-refractivity contribution is 0.601. The van der Waals surface area contributed by atoms with Crippen molar-refractivity contribution in [1.82, 2.24) is 29.9 Å². The molecule has 0 aliphatic carbocycles. The SMILES string of the molecule is Cn1cc(-c2cc3c(-c4cccc(N5CCC[C@H](N)CC5)n4)n[nH]c3cn2)cn1. The number of anilines is 1. The van der Waals surface area contributed by atoms with Crippen LogP contribution in [0.3, 0.4) is 0 Å². The second-order valence-corrected chi connectivity index (χ2v) is 7.65. The van der Waals surface area contributed by atoms with Crippen LogP contribution < -0.4 is 10.6 Å². The summed E-state index contributed by atoms with van der Waals surface area (Å²) >= 11 is 0. The van der Waals surface area contributed by atoms with Crippen molar-refractivity contribution in [3.05, 3.63) is 42.9 Å². The number of nitrogens with zero attached hydrogens (tertiary/aromatic N) is 6. The van der Waals surface area contributed by atoms with Gasteiger partial charge in [0.15, 0.2) is 0 Å². The van der Waals surface area contributed by atoms with E-state index in [2.05, 4.69) is 31.2 Å². The van der Waals surface area contributed by atoms with Gasteiger partial charge in [-0.25, -0.2) is 4.98 Å². The van der Waals surface area contributed by atoms with Crippen LogP contribution in [0.15, 0.2) is 42.9 Å². The minimum atomic E-state index is 0.289. The highest BCUT2D eigenvalue weighted by atomic mass is 15.2. The maximum atomic E-state index is 6.13. The van der Waals surface area contributed by atoms with E-state index < -0.39 is 0 Å². The number of nitrogens with one attached hydrogen (secondary N) is 1. The number of rotatable bonds is 3. The van der Waals surface area contributed by atoms with E-state index in [-0.39, 0.29) is 6.04 Å². The van der Waals surface area contributed by atoms with Crippen LogP contribution in [-0.2, 0) is 7.05 Å². The predicted molar refractivity (Wildman–Crippen MR) is 113 cm³/mol. The predicted octanol–water partition coefficient (Wildman–Crippen LogP) is 2.74. The van der Waals surface area contributed by atoms with E-state index >= 15 is 0 Å². The molecule has 1 saturated heterocycles. The molecule has 1 fully saturated rings. The number of aryl methyl sites for hydroxylation is 1. The molecule has 0 amide bonds. The van der Waals surface area contributed by atoms with Crippen LogP contribution in [-0.4, -0.2) is 49.1 Å². The van der Waals surface area contributed by atoms with Crippen molar-refractivity contribution in [3.63, 3.8) is 0 Å². The molecule has 0 radical (unpaired) electrons. The Morgan fingerprint density at radius 3 is 2.93 bits per heavy atom. The van der Waals surface area contributed by atoms with Gasteiger partial charge in [0.05, 0.1) is 29.3 Å². The molecule has 1 aliphatic heterocycles. The summed E-state index contributed by atoms with van der Waals surface area (Å²) in [6.45, 7) is 1.93. The largest absolute Gasteiger partial charge is 0.357 e. The van der Waals surface area contributed by atoms with Gasteiger partial charge in [0.1, 0.15) is 11.5 Å². The topological polar surface area (TPSA) is 102 Å². The van der Waals surface area contributed by atoms with E-state index in [1.54, 1.807) is 4.68 Å². The van der Waals surface area contributed by atoms with Crippen molar-refractivity contribution in [1.29, 1.82) is 0 Å². The lowest BCUT2D eigenvalue weighted by Crippen LogP contribution is -2.27. The monoisotopic (exact) mass is 388 g/mol. The van der Waals surface area contributed by atoms with Crippen LogP contribution in [0.25, 0.3) is 33.5 Å². The minimum Gasteiger partial charge on any atom is -0.357 e. The smallest absolute Gasteiger partial charge is 0.129 e. The normalized spacial score (nSPS) is 17.6.